The summed E-state index contributed by atoms with van der Waals surface area (Å²) in [7, 11) is 0. The summed E-state index contributed by atoms with van der Waals surface area (Å²) in [5, 5.41) is 3.34. The molecule has 1 saturated carbocycles. The minimum Gasteiger partial charge on any atom is -0.353 e. The van der Waals surface area contributed by atoms with Crippen LogP contribution in [0.4, 0.5) is 0 Å². The Morgan fingerprint density at radius 2 is 2.00 bits per heavy atom. The van der Waals surface area contributed by atoms with Gasteiger partial charge in [0.25, 0.3) is 0 Å². The quantitative estimate of drug-likeness (QED) is 0.268. The van der Waals surface area contributed by atoms with Crippen molar-refractivity contribution in [3.63, 3.8) is 0 Å². The molecule has 1 aliphatic carbocycles. The van der Waals surface area contributed by atoms with Crippen molar-refractivity contribution in [1.82, 2.24) is 10.7 Å². The Kier molecular flexibility index (Phi) is 4.73. The molecule has 0 saturated heterocycles. The summed E-state index contributed by atoms with van der Waals surface area (Å²) in [6, 6.07) is 0.549. The molecule has 1 fully saturated rings. The van der Waals surface area contributed by atoms with Crippen LogP contribution in [0, 0.1) is 5.92 Å². The van der Waals surface area contributed by atoms with Gasteiger partial charge in [0, 0.05) is 12.6 Å². The fourth-order valence-corrected chi connectivity index (χ4v) is 1.89. The molecule has 0 aliphatic heterocycles. The van der Waals surface area contributed by atoms with Crippen LogP contribution in [-0.4, -0.2) is 18.5 Å². The molecule has 0 aromatic carbocycles. The molecule has 0 radical (unpaired) electrons. The summed E-state index contributed by atoms with van der Waals surface area (Å²) in [4.78, 5) is 4.23. The van der Waals surface area contributed by atoms with Gasteiger partial charge in [0.1, 0.15) is 0 Å². The summed E-state index contributed by atoms with van der Waals surface area (Å²) in [6.45, 7) is 5.08. The SMILES string of the molecule is CCN=C(NN)NC1CCC(C)CC1. The Hall–Kier alpha value is -0.770. The second kappa shape index (κ2) is 5.86. The second-order valence-corrected chi connectivity index (χ2v) is 4.07. The molecule has 0 bridgehead atoms. The van der Waals surface area contributed by atoms with E-state index in [9.17, 15) is 0 Å². The zero-order valence-electron chi connectivity index (χ0n) is 9.21. The normalized spacial score (nSPS) is 28.6. The monoisotopic (exact) mass is 198 g/mol. The Morgan fingerprint density at radius 1 is 1.36 bits per heavy atom. The number of hydrazine groups is 1. The Bertz CT molecular complexity index is 183. The zero-order valence-corrected chi connectivity index (χ0v) is 9.21. The molecule has 82 valence electrons. The second-order valence-electron chi connectivity index (χ2n) is 4.07. The van der Waals surface area contributed by atoms with Gasteiger partial charge in [0.15, 0.2) is 0 Å². The smallest absolute Gasteiger partial charge is 0.205 e. The van der Waals surface area contributed by atoms with Gasteiger partial charge in [-0.05, 0) is 38.5 Å². The van der Waals surface area contributed by atoms with Crippen molar-refractivity contribution in [2.75, 3.05) is 6.54 Å². The maximum atomic E-state index is 5.36. The van der Waals surface area contributed by atoms with E-state index in [1.807, 2.05) is 6.92 Å². The van der Waals surface area contributed by atoms with Crippen molar-refractivity contribution in [2.45, 2.75) is 45.6 Å². The van der Waals surface area contributed by atoms with Gasteiger partial charge in [-0.3, -0.25) is 10.4 Å². The van der Waals surface area contributed by atoms with Crippen LogP contribution in [-0.2, 0) is 0 Å². The topological polar surface area (TPSA) is 62.4 Å². The predicted octanol–water partition coefficient (Wildman–Crippen LogP) is 0.994. The number of hydrogen-bond donors (Lipinski definition) is 3. The van der Waals surface area contributed by atoms with Gasteiger partial charge >= 0.3 is 0 Å². The molecular weight excluding hydrogens is 176 g/mol. The third-order valence-corrected chi connectivity index (χ3v) is 2.81. The van der Waals surface area contributed by atoms with E-state index >= 15 is 0 Å². The maximum Gasteiger partial charge on any atom is 0.205 e. The number of nitrogens with one attached hydrogen (secondary N) is 2. The van der Waals surface area contributed by atoms with Gasteiger partial charge in [-0.15, -0.1) is 0 Å². The minimum atomic E-state index is 0.549. The molecule has 4 nitrogen and oxygen atoms in total. The lowest BCUT2D eigenvalue weighted by Gasteiger charge is -2.27. The van der Waals surface area contributed by atoms with Gasteiger partial charge in [0.05, 0.1) is 0 Å². The van der Waals surface area contributed by atoms with Crippen molar-refractivity contribution < 1.29 is 0 Å². The molecule has 0 unspecified atom stereocenters. The summed E-state index contributed by atoms with van der Waals surface area (Å²) in [6.07, 6.45) is 5.07. The molecule has 4 N–H and O–H groups in total. The first-order valence-electron chi connectivity index (χ1n) is 5.53. The number of guanidine groups is 1. The molecule has 1 aliphatic rings. The lowest BCUT2D eigenvalue weighted by molar-refractivity contribution is 0.329. The minimum absolute atomic E-state index is 0.549. The van der Waals surface area contributed by atoms with Crippen molar-refractivity contribution in [3.8, 4) is 0 Å². The number of aliphatic imine (C=N–C) groups is 1. The first kappa shape index (κ1) is 11.3. The first-order valence-corrected chi connectivity index (χ1v) is 5.53. The van der Waals surface area contributed by atoms with E-state index in [2.05, 4.69) is 22.7 Å². The largest absolute Gasteiger partial charge is 0.353 e. The highest BCUT2D eigenvalue weighted by molar-refractivity contribution is 5.79. The summed E-state index contributed by atoms with van der Waals surface area (Å²) < 4.78 is 0. The number of nitrogens with two attached hydrogens (primary N) is 1. The molecule has 0 amide bonds. The van der Waals surface area contributed by atoms with Gasteiger partial charge < -0.3 is 5.32 Å². The Labute approximate surface area is 86.3 Å². The third kappa shape index (κ3) is 3.54. The van der Waals surface area contributed by atoms with Crippen LogP contribution < -0.4 is 16.6 Å². The highest BCUT2D eigenvalue weighted by Crippen LogP contribution is 2.23. The molecule has 4 heteroatoms. The van der Waals surface area contributed by atoms with Gasteiger partial charge in [-0.2, -0.15) is 0 Å². The maximum absolute atomic E-state index is 5.36. The van der Waals surface area contributed by atoms with Gasteiger partial charge in [-0.1, -0.05) is 6.92 Å². The van der Waals surface area contributed by atoms with E-state index < -0.39 is 0 Å². The fourth-order valence-electron chi connectivity index (χ4n) is 1.89. The van der Waals surface area contributed by atoms with E-state index in [4.69, 9.17) is 5.84 Å². The molecule has 0 heterocycles. The summed E-state index contributed by atoms with van der Waals surface area (Å²) in [5.74, 6) is 6.97. The summed E-state index contributed by atoms with van der Waals surface area (Å²) >= 11 is 0. The molecular formula is C10H22N4. The van der Waals surface area contributed by atoms with Crippen molar-refractivity contribution in [2.24, 2.45) is 16.8 Å². The Morgan fingerprint density at radius 3 is 2.50 bits per heavy atom. The van der Waals surface area contributed by atoms with Crippen LogP contribution in [0.5, 0.6) is 0 Å². The molecule has 0 aromatic rings. The lowest BCUT2D eigenvalue weighted by Crippen LogP contribution is -2.47. The zero-order chi connectivity index (χ0) is 10.4. The van der Waals surface area contributed by atoms with Crippen molar-refractivity contribution >= 4 is 5.96 Å². The van der Waals surface area contributed by atoms with Crippen LogP contribution in [0.25, 0.3) is 0 Å². The summed E-state index contributed by atoms with van der Waals surface area (Å²) in [5.41, 5.74) is 2.60. The third-order valence-electron chi connectivity index (χ3n) is 2.81. The van der Waals surface area contributed by atoms with E-state index in [1.54, 1.807) is 0 Å². The lowest BCUT2D eigenvalue weighted by atomic mass is 9.87. The van der Waals surface area contributed by atoms with Crippen LogP contribution in [0.15, 0.2) is 4.99 Å². The average molecular weight is 198 g/mol. The van der Waals surface area contributed by atoms with E-state index in [1.165, 1.54) is 25.7 Å². The highest BCUT2D eigenvalue weighted by atomic mass is 15.3. The van der Waals surface area contributed by atoms with E-state index in [0.29, 0.717) is 6.04 Å². The van der Waals surface area contributed by atoms with Crippen molar-refractivity contribution in [3.05, 3.63) is 0 Å². The van der Waals surface area contributed by atoms with E-state index in [0.717, 1.165) is 18.4 Å². The number of rotatable bonds is 2. The van der Waals surface area contributed by atoms with Gasteiger partial charge in [-0.25, -0.2) is 5.84 Å². The molecule has 0 spiro atoms. The van der Waals surface area contributed by atoms with E-state index in [-0.39, 0.29) is 0 Å². The van der Waals surface area contributed by atoms with Crippen LogP contribution in [0.3, 0.4) is 0 Å². The van der Waals surface area contributed by atoms with Crippen LogP contribution in [0.2, 0.25) is 0 Å². The first-order chi connectivity index (χ1) is 6.76. The molecule has 14 heavy (non-hydrogen) atoms. The predicted molar refractivity (Wildman–Crippen MR) is 59.9 cm³/mol. The van der Waals surface area contributed by atoms with Gasteiger partial charge in [0.2, 0.25) is 5.96 Å². The molecule has 0 aromatic heterocycles. The molecule has 0 atom stereocenters. The van der Waals surface area contributed by atoms with Crippen LogP contribution in [0.1, 0.15) is 39.5 Å². The number of nitrogens with zero attached hydrogens (tertiary/aromatic N) is 1. The number of hydrogen-bond acceptors (Lipinski definition) is 2. The standard InChI is InChI=1S/C10H22N4/c1-3-12-10(14-11)13-9-6-4-8(2)5-7-9/h8-9H,3-7,11H2,1-2H3,(H2,12,13,14). The molecule has 1 rings (SSSR count). The highest BCUT2D eigenvalue weighted by Gasteiger charge is 2.18. The fraction of sp³-hybridized carbons (Fsp3) is 0.900. The van der Waals surface area contributed by atoms with Crippen molar-refractivity contribution in [1.29, 1.82) is 0 Å². The Balaban J connectivity index is 2.32. The van der Waals surface area contributed by atoms with Crippen LogP contribution >= 0.6 is 0 Å². The average Bonchev–Trinajstić information content (AvgIpc) is 2.20.